The first kappa shape index (κ1) is 15.7. The Hall–Kier alpha value is -2.78. The molecule has 4 rings (SSSR count). The van der Waals surface area contributed by atoms with Gasteiger partial charge in [-0.3, -0.25) is 0 Å². The van der Waals surface area contributed by atoms with Gasteiger partial charge in [-0.15, -0.1) is 10.2 Å². The van der Waals surface area contributed by atoms with Gasteiger partial charge < -0.3 is 14.8 Å². The number of aromatic nitrogens is 5. The second-order valence-corrected chi connectivity index (χ2v) is 6.28. The Kier molecular flexibility index (Phi) is 4.16. The number of halogens is 1. The summed E-state index contributed by atoms with van der Waals surface area (Å²) < 4.78 is 11.9. The quantitative estimate of drug-likeness (QED) is 0.419. The summed E-state index contributed by atoms with van der Waals surface area (Å²) in [4.78, 5) is 4.34. The minimum atomic E-state index is 0.394. The van der Waals surface area contributed by atoms with Gasteiger partial charge in [-0.2, -0.15) is 4.98 Å². The highest BCUT2D eigenvalue weighted by Gasteiger charge is 2.16. The lowest BCUT2D eigenvalue weighted by Gasteiger charge is -1.99. The van der Waals surface area contributed by atoms with Crippen molar-refractivity contribution in [1.29, 1.82) is 0 Å². The molecule has 0 spiro atoms. The highest BCUT2D eigenvalue weighted by Crippen LogP contribution is 2.27. The van der Waals surface area contributed by atoms with Gasteiger partial charge in [0.05, 0.1) is 17.0 Å². The Balaban J connectivity index is 1.49. The molecule has 10 heteroatoms. The van der Waals surface area contributed by atoms with Crippen LogP contribution in [0.3, 0.4) is 0 Å². The minimum absolute atomic E-state index is 0.394. The Labute approximate surface area is 151 Å². The molecule has 3 aromatic heterocycles. The molecule has 25 heavy (non-hydrogen) atoms. The smallest absolute Gasteiger partial charge is 0.237 e. The van der Waals surface area contributed by atoms with E-state index >= 15 is 0 Å². The van der Waals surface area contributed by atoms with Gasteiger partial charge in [0.15, 0.2) is 5.76 Å². The number of rotatable bonds is 5. The Bertz CT molecular complexity index is 997. The van der Waals surface area contributed by atoms with Crippen LogP contribution in [0, 0.1) is 0 Å². The second kappa shape index (κ2) is 6.61. The average Bonchev–Trinajstić information content (AvgIpc) is 3.34. The van der Waals surface area contributed by atoms with E-state index in [0.717, 1.165) is 0 Å². The molecule has 8 nitrogen and oxygen atoms in total. The van der Waals surface area contributed by atoms with Gasteiger partial charge >= 0.3 is 0 Å². The summed E-state index contributed by atoms with van der Waals surface area (Å²) in [6.45, 7) is 0. The number of benzene rings is 1. The van der Waals surface area contributed by atoms with E-state index in [0.29, 0.717) is 44.8 Å². The molecule has 0 bridgehead atoms. The molecule has 0 aliphatic carbocycles. The van der Waals surface area contributed by atoms with Gasteiger partial charge in [-0.1, -0.05) is 40.7 Å². The first-order valence-corrected chi connectivity index (χ1v) is 8.53. The van der Waals surface area contributed by atoms with E-state index in [1.807, 2.05) is 18.2 Å². The summed E-state index contributed by atoms with van der Waals surface area (Å²) in [5.41, 5.74) is 0.714. The summed E-state index contributed by atoms with van der Waals surface area (Å²) >= 11 is 7.46. The van der Waals surface area contributed by atoms with Gasteiger partial charge in [0.1, 0.15) is 0 Å². The molecule has 2 N–H and O–H groups in total. The number of nitrogen functional groups attached to an aromatic ring is 1. The van der Waals surface area contributed by atoms with Gasteiger partial charge in [0, 0.05) is 5.56 Å². The van der Waals surface area contributed by atoms with E-state index in [2.05, 4.69) is 20.3 Å². The third-order valence-electron chi connectivity index (χ3n) is 3.31. The first-order valence-electron chi connectivity index (χ1n) is 7.17. The minimum Gasteiger partial charge on any atom is -0.461 e. The van der Waals surface area contributed by atoms with E-state index < -0.39 is 0 Å². The molecule has 0 fully saturated rings. The Morgan fingerprint density at radius 3 is 2.84 bits per heavy atom. The molecule has 3 heterocycles. The summed E-state index contributed by atoms with van der Waals surface area (Å²) in [6, 6.07) is 10.8. The highest BCUT2D eigenvalue weighted by atomic mass is 35.5. The Morgan fingerprint density at radius 2 is 2.04 bits per heavy atom. The third-order valence-corrected chi connectivity index (χ3v) is 4.57. The lowest BCUT2D eigenvalue weighted by atomic mass is 10.2. The predicted molar refractivity (Wildman–Crippen MR) is 92.2 cm³/mol. The lowest BCUT2D eigenvalue weighted by Crippen LogP contribution is -2.11. The Morgan fingerprint density at radius 1 is 1.16 bits per heavy atom. The van der Waals surface area contributed by atoms with Crippen molar-refractivity contribution in [3.8, 4) is 23.0 Å². The van der Waals surface area contributed by atoms with Crippen LogP contribution in [0.15, 0.2) is 56.8 Å². The monoisotopic (exact) mass is 374 g/mol. The van der Waals surface area contributed by atoms with Crippen LogP contribution in [-0.4, -0.2) is 25.0 Å². The van der Waals surface area contributed by atoms with Crippen LogP contribution in [0.4, 0.5) is 0 Å². The molecule has 0 unspecified atom stereocenters. The molecule has 0 radical (unpaired) electrons. The zero-order valence-electron chi connectivity index (χ0n) is 12.7. The van der Waals surface area contributed by atoms with Crippen molar-refractivity contribution in [3.63, 3.8) is 0 Å². The van der Waals surface area contributed by atoms with E-state index in [1.165, 1.54) is 16.4 Å². The van der Waals surface area contributed by atoms with Crippen LogP contribution in [0.2, 0.25) is 5.02 Å². The molecule has 0 aliphatic rings. The summed E-state index contributed by atoms with van der Waals surface area (Å²) in [6.07, 6.45) is 1.55. The standard InChI is InChI=1S/C15H11ClN6O2S/c16-10-5-2-1-4-9(10)13-18-12(24-21-13)8-25-15-20-19-14(22(15)17)11-6-3-7-23-11/h1-7H,8,17H2. The van der Waals surface area contributed by atoms with E-state index in [4.69, 9.17) is 26.4 Å². The molecule has 126 valence electrons. The maximum atomic E-state index is 6.14. The van der Waals surface area contributed by atoms with Gasteiger partial charge in [0.2, 0.25) is 22.7 Å². The predicted octanol–water partition coefficient (Wildman–Crippen LogP) is 3.25. The molecule has 0 atom stereocenters. The molecule has 0 amide bonds. The second-order valence-electron chi connectivity index (χ2n) is 4.93. The van der Waals surface area contributed by atoms with Crippen molar-refractivity contribution >= 4 is 23.4 Å². The molecule has 0 aliphatic heterocycles. The maximum Gasteiger partial charge on any atom is 0.237 e. The highest BCUT2D eigenvalue weighted by molar-refractivity contribution is 7.98. The SMILES string of the molecule is Nn1c(SCc2nc(-c3ccccc3Cl)no2)nnc1-c1ccco1. The van der Waals surface area contributed by atoms with Crippen LogP contribution in [0.25, 0.3) is 23.0 Å². The molecular formula is C15H11ClN6O2S. The average molecular weight is 375 g/mol. The fraction of sp³-hybridized carbons (Fsp3) is 0.0667. The van der Waals surface area contributed by atoms with Crippen molar-refractivity contribution < 1.29 is 8.94 Å². The van der Waals surface area contributed by atoms with Crippen LogP contribution in [0.1, 0.15) is 5.89 Å². The topological polar surface area (TPSA) is 109 Å². The van der Waals surface area contributed by atoms with Crippen LogP contribution >= 0.6 is 23.4 Å². The van der Waals surface area contributed by atoms with Crippen molar-refractivity contribution in [1.82, 2.24) is 25.0 Å². The van der Waals surface area contributed by atoms with Crippen molar-refractivity contribution in [2.24, 2.45) is 0 Å². The van der Waals surface area contributed by atoms with Gasteiger partial charge in [-0.25, -0.2) is 4.68 Å². The summed E-state index contributed by atoms with van der Waals surface area (Å²) in [7, 11) is 0. The number of nitrogens with two attached hydrogens (primary N) is 1. The summed E-state index contributed by atoms with van der Waals surface area (Å²) in [5.74, 6) is 8.25. The largest absolute Gasteiger partial charge is 0.461 e. The van der Waals surface area contributed by atoms with Crippen molar-refractivity contribution in [2.75, 3.05) is 5.84 Å². The molecule has 1 aromatic carbocycles. The van der Waals surface area contributed by atoms with Crippen molar-refractivity contribution in [2.45, 2.75) is 10.9 Å². The fourth-order valence-corrected chi connectivity index (χ4v) is 3.06. The number of hydrogen-bond donors (Lipinski definition) is 1. The zero-order valence-corrected chi connectivity index (χ0v) is 14.2. The van der Waals surface area contributed by atoms with E-state index in [1.54, 1.807) is 24.5 Å². The summed E-state index contributed by atoms with van der Waals surface area (Å²) in [5, 5.41) is 13.1. The molecular weight excluding hydrogens is 364 g/mol. The van der Waals surface area contributed by atoms with Crippen molar-refractivity contribution in [3.05, 3.63) is 53.6 Å². The van der Waals surface area contributed by atoms with Crippen LogP contribution in [-0.2, 0) is 5.75 Å². The fourth-order valence-electron chi connectivity index (χ4n) is 2.14. The van der Waals surface area contributed by atoms with E-state index in [-0.39, 0.29) is 0 Å². The van der Waals surface area contributed by atoms with Gasteiger partial charge in [-0.05, 0) is 24.3 Å². The third kappa shape index (κ3) is 3.11. The number of furan rings is 1. The maximum absolute atomic E-state index is 6.14. The van der Waals surface area contributed by atoms with Crippen LogP contribution < -0.4 is 5.84 Å². The molecule has 4 aromatic rings. The first-order chi connectivity index (χ1) is 12.2. The normalized spacial score (nSPS) is 11.1. The number of thioether (sulfide) groups is 1. The molecule has 0 saturated heterocycles. The zero-order chi connectivity index (χ0) is 17.2. The lowest BCUT2D eigenvalue weighted by molar-refractivity contribution is 0.391. The number of hydrogen-bond acceptors (Lipinski definition) is 8. The van der Waals surface area contributed by atoms with Gasteiger partial charge in [0.25, 0.3) is 0 Å². The number of nitrogens with zero attached hydrogens (tertiary/aromatic N) is 5. The molecule has 0 saturated carbocycles. The van der Waals surface area contributed by atoms with Crippen LogP contribution in [0.5, 0.6) is 0 Å². The van der Waals surface area contributed by atoms with E-state index in [9.17, 15) is 0 Å².